The molecule has 100 valence electrons. The summed E-state index contributed by atoms with van der Waals surface area (Å²) in [6.07, 6.45) is 0. The van der Waals surface area contributed by atoms with Crippen molar-refractivity contribution in [3.05, 3.63) is 41.7 Å². The largest absolute Gasteiger partial charge is 0.360 e. The summed E-state index contributed by atoms with van der Waals surface area (Å²) in [6.45, 7) is 5.69. The lowest BCUT2D eigenvalue weighted by molar-refractivity contribution is -0.115. The van der Waals surface area contributed by atoms with Crippen LogP contribution in [-0.4, -0.2) is 16.3 Å². The first-order chi connectivity index (χ1) is 9.04. The number of rotatable bonds is 4. The number of anilines is 1. The lowest BCUT2D eigenvalue weighted by Crippen LogP contribution is -2.22. The Hall–Kier alpha value is -1.75. The molecule has 0 saturated heterocycles. The lowest BCUT2D eigenvalue weighted by atomic mass is 10.2. The molecule has 1 N–H and O–H groups in total. The van der Waals surface area contributed by atoms with Gasteiger partial charge in [0, 0.05) is 11.0 Å². The van der Waals surface area contributed by atoms with Gasteiger partial charge in [-0.15, -0.1) is 11.8 Å². The molecule has 0 spiro atoms. The van der Waals surface area contributed by atoms with E-state index in [9.17, 15) is 4.79 Å². The van der Waals surface area contributed by atoms with Crippen LogP contribution in [0, 0.1) is 13.8 Å². The van der Waals surface area contributed by atoms with Crippen LogP contribution in [0.5, 0.6) is 0 Å². The van der Waals surface area contributed by atoms with Crippen molar-refractivity contribution in [2.75, 3.05) is 5.32 Å². The van der Waals surface area contributed by atoms with Crippen LogP contribution < -0.4 is 5.32 Å². The van der Waals surface area contributed by atoms with Crippen molar-refractivity contribution in [1.82, 2.24) is 5.16 Å². The topological polar surface area (TPSA) is 55.1 Å². The maximum Gasteiger partial charge on any atom is 0.238 e. The van der Waals surface area contributed by atoms with E-state index in [-0.39, 0.29) is 11.2 Å². The molecule has 1 amide bonds. The third kappa shape index (κ3) is 3.86. The number of benzene rings is 1. The molecule has 0 aliphatic carbocycles. The van der Waals surface area contributed by atoms with Crippen molar-refractivity contribution in [3.63, 3.8) is 0 Å². The summed E-state index contributed by atoms with van der Waals surface area (Å²) in [7, 11) is 0. The van der Waals surface area contributed by atoms with Crippen LogP contribution in [-0.2, 0) is 4.79 Å². The van der Waals surface area contributed by atoms with Crippen LogP contribution in [0.1, 0.15) is 18.2 Å². The highest BCUT2D eigenvalue weighted by Crippen LogP contribution is 2.24. The Bertz CT molecular complexity index is 563. The van der Waals surface area contributed by atoms with E-state index < -0.39 is 0 Å². The normalized spacial score (nSPS) is 12.2. The Kier molecular flexibility index (Phi) is 4.27. The number of hydrogen-bond donors (Lipinski definition) is 1. The van der Waals surface area contributed by atoms with Gasteiger partial charge in [-0.1, -0.05) is 22.9 Å². The van der Waals surface area contributed by atoms with Crippen LogP contribution in [0.15, 0.2) is 39.8 Å². The first kappa shape index (κ1) is 13.7. The molecule has 4 nitrogen and oxygen atoms in total. The number of hydrogen-bond acceptors (Lipinski definition) is 4. The zero-order chi connectivity index (χ0) is 13.8. The van der Waals surface area contributed by atoms with Gasteiger partial charge in [-0.2, -0.15) is 0 Å². The van der Waals surface area contributed by atoms with Crippen LogP contribution in [0.4, 0.5) is 5.82 Å². The van der Waals surface area contributed by atoms with E-state index in [4.69, 9.17) is 4.52 Å². The van der Waals surface area contributed by atoms with E-state index >= 15 is 0 Å². The van der Waals surface area contributed by atoms with E-state index in [1.54, 1.807) is 13.0 Å². The van der Waals surface area contributed by atoms with Crippen molar-refractivity contribution < 1.29 is 9.32 Å². The van der Waals surface area contributed by atoms with Crippen LogP contribution in [0.2, 0.25) is 0 Å². The van der Waals surface area contributed by atoms with Gasteiger partial charge in [-0.25, -0.2) is 0 Å². The molecule has 1 unspecified atom stereocenters. The van der Waals surface area contributed by atoms with Gasteiger partial charge >= 0.3 is 0 Å². The average Bonchev–Trinajstić information content (AvgIpc) is 2.77. The van der Waals surface area contributed by atoms with Gasteiger partial charge in [0.05, 0.1) is 5.25 Å². The van der Waals surface area contributed by atoms with Crippen LogP contribution in [0.3, 0.4) is 0 Å². The summed E-state index contributed by atoms with van der Waals surface area (Å²) in [4.78, 5) is 13.1. The van der Waals surface area contributed by atoms with Crippen molar-refractivity contribution in [1.29, 1.82) is 0 Å². The van der Waals surface area contributed by atoms with Crippen molar-refractivity contribution in [2.45, 2.75) is 30.9 Å². The van der Waals surface area contributed by atoms with Gasteiger partial charge in [-0.05, 0) is 32.9 Å². The number of amides is 1. The number of carbonyl (C=O) groups excluding carboxylic acids is 1. The highest BCUT2D eigenvalue weighted by atomic mass is 32.2. The van der Waals surface area contributed by atoms with E-state index in [2.05, 4.69) is 10.5 Å². The van der Waals surface area contributed by atoms with Crippen molar-refractivity contribution in [3.8, 4) is 0 Å². The maximum atomic E-state index is 12.0. The minimum absolute atomic E-state index is 0.0844. The average molecular weight is 276 g/mol. The van der Waals surface area contributed by atoms with E-state index in [1.165, 1.54) is 17.3 Å². The van der Waals surface area contributed by atoms with Gasteiger partial charge in [0.1, 0.15) is 5.76 Å². The molecule has 1 aromatic carbocycles. The Balaban J connectivity index is 1.94. The molecular weight excluding hydrogens is 260 g/mol. The smallest absolute Gasteiger partial charge is 0.238 e. The van der Waals surface area contributed by atoms with Gasteiger partial charge in [-0.3, -0.25) is 4.79 Å². The molecule has 0 radical (unpaired) electrons. The fourth-order valence-electron chi connectivity index (χ4n) is 1.53. The summed E-state index contributed by atoms with van der Waals surface area (Å²) >= 11 is 1.52. The molecule has 2 rings (SSSR count). The maximum absolute atomic E-state index is 12.0. The highest BCUT2D eigenvalue weighted by molar-refractivity contribution is 8.00. The van der Waals surface area contributed by atoms with E-state index in [1.807, 2.05) is 38.1 Å². The summed E-state index contributed by atoms with van der Waals surface area (Å²) < 4.78 is 4.91. The minimum atomic E-state index is -0.195. The SMILES string of the molecule is Cc1ccc(SC(C)C(=O)Nc2cc(C)on2)cc1. The first-order valence-electron chi connectivity index (χ1n) is 6.02. The molecule has 19 heavy (non-hydrogen) atoms. The number of carbonyl (C=O) groups is 1. The Morgan fingerprint density at radius 2 is 2.00 bits per heavy atom. The molecule has 1 aromatic heterocycles. The van der Waals surface area contributed by atoms with E-state index in [0.717, 1.165) is 4.90 Å². The third-order valence-corrected chi connectivity index (χ3v) is 3.69. The fourth-order valence-corrected chi connectivity index (χ4v) is 2.40. The molecule has 0 fully saturated rings. The van der Waals surface area contributed by atoms with Gasteiger partial charge in [0.2, 0.25) is 5.91 Å². The predicted octanol–water partition coefficient (Wildman–Crippen LogP) is 3.41. The van der Waals surface area contributed by atoms with Crippen molar-refractivity contribution in [2.24, 2.45) is 0 Å². The fraction of sp³-hybridized carbons (Fsp3) is 0.286. The molecule has 0 bridgehead atoms. The van der Waals surface area contributed by atoms with Gasteiger partial charge in [0.25, 0.3) is 0 Å². The summed E-state index contributed by atoms with van der Waals surface area (Å²) in [5.74, 6) is 1.05. The predicted molar refractivity (Wildman–Crippen MR) is 76.4 cm³/mol. The number of nitrogens with one attached hydrogen (secondary N) is 1. The number of nitrogens with zero attached hydrogens (tertiary/aromatic N) is 1. The zero-order valence-electron chi connectivity index (χ0n) is 11.1. The number of aryl methyl sites for hydroxylation is 2. The second-order valence-corrected chi connectivity index (χ2v) is 5.80. The second kappa shape index (κ2) is 5.93. The standard InChI is InChI=1S/C14H16N2O2S/c1-9-4-6-12(7-5-9)19-11(3)14(17)15-13-8-10(2)18-16-13/h4-8,11H,1-3H3,(H,15,16,17). The first-order valence-corrected chi connectivity index (χ1v) is 6.90. The highest BCUT2D eigenvalue weighted by Gasteiger charge is 2.15. The minimum Gasteiger partial charge on any atom is -0.360 e. The zero-order valence-corrected chi connectivity index (χ0v) is 12.0. The molecular formula is C14H16N2O2S. The molecule has 0 saturated carbocycles. The quantitative estimate of drug-likeness (QED) is 0.869. The molecule has 2 aromatic rings. The summed E-state index contributed by atoms with van der Waals surface area (Å²) in [6, 6.07) is 9.80. The van der Waals surface area contributed by atoms with E-state index in [0.29, 0.717) is 11.6 Å². The Morgan fingerprint density at radius 1 is 1.32 bits per heavy atom. The third-order valence-electron chi connectivity index (χ3n) is 2.58. The Morgan fingerprint density at radius 3 is 2.58 bits per heavy atom. The van der Waals surface area contributed by atoms with Crippen LogP contribution >= 0.6 is 11.8 Å². The van der Waals surface area contributed by atoms with Crippen molar-refractivity contribution >= 4 is 23.5 Å². The van der Waals surface area contributed by atoms with Gasteiger partial charge in [0.15, 0.2) is 5.82 Å². The molecule has 1 atom stereocenters. The summed E-state index contributed by atoms with van der Waals surface area (Å²) in [5.41, 5.74) is 1.21. The molecule has 0 aliphatic heterocycles. The number of aromatic nitrogens is 1. The Labute approximate surface area is 116 Å². The molecule has 0 aliphatic rings. The summed E-state index contributed by atoms with van der Waals surface area (Å²) in [5, 5.41) is 6.28. The molecule has 1 heterocycles. The van der Waals surface area contributed by atoms with Crippen LogP contribution in [0.25, 0.3) is 0 Å². The monoisotopic (exact) mass is 276 g/mol. The number of thioether (sulfide) groups is 1. The van der Waals surface area contributed by atoms with Gasteiger partial charge < -0.3 is 9.84 Å². The second-order valence-electron chi connectivity index (χ2n) is 4.39. The molecule has 5 heteroatoms. The lowest BCUT2D eigenvalue weighted by Gasteiger charge is -2.10.